The fourth-order valence-electron chi connectivity index (χ4n) is 3.81. The topological polar surface area (TPSA) is 94.3 Å². The molecule has 9 heteroatoms. The standard InChI is InChI=1S/C24H27N3O4S2/c1-5-30-23(29)20-17-9-6-13(2)10-18(17)33-22(20)25-19(28)12-32-24-27-26-21(31-24)16-8-7-14(3)15(4)11-16/h7-8,11,13H,5-6,9-10,12H2,1-4H3,(H,25,28). The minimum Gasteiger partial charge on any atom is -0.462 e. The van der Waals surface area contributed by atoms with Gasteiger partial charge in [-0.25, -0.2) is 4.79 Å². The van der Waals surface area contributed by atoms with Crippen LogP contribution in [0, 0.1) is 19.8 Å². The second-order valence-electron chi connectivity index (χ2n) is 8.29. The summed E-state index contributed by atoms with van der Waals surface area (Å²) >= 11 is 2.65. The highest BCUT2D eigenvalue weighted by Crippen LogP contribution is 2.40. The first-order valence-electron chi connectivity index (χ1n) is 11.0. The van der Waals surface area contributed by atoms with E-state index in [-0.39, 0.29) is 17.6 Å². The van der Waals surface area contributed by atoms with Crippen molar-refractivity contribution in [1.29, 1.82) is 0 Å². The Bertz CT molecular complexity index is 1180. The van der Waals surface area contributed by atoms with Gasteiger partial charge in [0.25, 0.3) is 5.22 Å². The number of nitrogens with one attached hydrogen (secondary N) is 1. The number of aryl methyl sites for hydroxylation is 2. The molecule has 1 amide bonds. The second-order valence-corrected chi connectivity index (χ2v) is 10.3. The number of amides is 1. The van der Waals surface area contributed by atoms with E-state index in [0.29, 0.717) is 34.2 Å². The van der Waals surface area contributed by atoms with E-state index < -0.39 is 0 Å². The Labute approximate surface area is 201 Å². The Morgan fingerprint density at radius 2 is 2.09 bits per heavy atom. The van der Waals surface area contributed by atoms with Crippen LogP contribution in [0.3, 0.4) is 0 Å². The lowest BCUT2D eigenvalue weighted by atomic mass is 9.88. The normalized spacial score (nSPS) is 15.2. The molecule has 0 spiro atoms. The molecule has 1 aromatic carbocycles. The number of ether oxygens (including phenoxy) is 1. The highest BCUT2D eigenvalue weighted by molar-refractivity contribution is 7.99. The van der Waals surface area contributed by atoms with E-state index in [4.69, 9.17) is 9.15 Å². The quantitative estimate of drug-likeness (QED) is 0.351. The van der Waals surface area contributed by atoms with Crippen molar-refractivity contribution in [1.82, 2.24) is 10.2 Å². The highest BCUT2D eigenvalue weighted by Gasteiger charge is 2.29. The lowest BCUT2D eigenvalue weighted by Crippen LogP contribution is -2.17. The molecule has 7 nitrogen and oxygen atoms in total. The number of aromatic nitrogens is 2. The Balaban J connectivity index is 1.44. The summed E-state index contributed by atoms with van der Waals surface area (Å²) in [5, 5.41) is 12.0. The number of carbonyl (C=O) groups excluding carboxylic acids is 2. The summed E-state index contributed by atoms with van der Waals surface area (Å²) in [4.78, 5) is 26.5. The fourth-order valence-corrected chi connectivity index (χ4v) is 5.79. The van der Waals surface area contributed by atoms with E-state index in [9.17, 15) is 9.59 Å². The van der Waals surface area contributed by atoms with Crippen LogP contribution >= 0.6 is 23.1 Å². The number of carbonyl (C=O) groups is 2. The number of thiophene rings is 1. The molecule has 2 heterocycles. The van der Waals surface area contributed by atoms with E-state index in [1.54, 1.807) is 6.92 Å². The van der Waals surface area contributed by atoms with Crippen molar-refractivity contribution in [3.05, 3.63) is 45.3 Å². The SMILES string of the molecule is CCOC(=O)c1c(NC(=O)CSc2nnc(-c3ccc(C)c(C)c3)o2)sc2c1CCC(C)C2. The van der Waals surface area contributed by atoms with Gasteiger partial charge in [-0.3, -0.25) is 4.79 Å². The van der Waals surface area contributed by atoms with Crippen LogP contribution in [0.4, 0.5) is 5.00 Å². The number of fused-ring (bicyclic) bond motifs is 1. The Morgan fingerprint density at radius 1 is 1.27 bits per heavy atom. The van der Waals surface area contributed by atoms with E-state index in [1.165, 1.54) is 28.7 Å². The summed E-state index contributed by atoms with van der Waals surface area (Å²) in [6.45, 7) is 8.36. The first-order valence-corrected chi connectivity index (χ1v) is 12.8. The number of hydrogen-bond donors (Lipinski definition) is 1. The van der Waals surface area contributed by atoms with Crippen molar-refractivity contribution >= 4 is 40.0 Å². The number of thioether (sulfide) groups is 1. The van der Waals surface area contributed by atoms with Crippen molar-refractivity contribution in [2.24, 2.45) is 5.92 Å². The van der Waals surface area contributed by atoms with Crippen LogP contribution in [0.15, 0.2) is 27.8 Å². The molecular weight excluding hydrogens is 458 g/mol. The third-order valence-electron chi connectivity index (χ3n) is 5.73. The van der Waals surface area contributed by atoms with Crippen molar-refractivity contribution in [2.75, 3.05) is 17.7 Å². The maximum atomic E-state index is 12.7. The third-order valence-corrected chi connectivity index (χ3v) is 7.72. The number of benzene rings is 1. The second kappa shape index (κ2) is 10.1. The zero-order chi connectivity index (χ0) is 23.5. The molecule has 0 bridgehead atoms. The van der Waals surface area contributed by atoms with Crippen molar-refractivity contribution in [3.8, 4) is 11.5 Å². The largest absolute Gasteiger partial charge is 0.462 e. The van der Waals surface area contributed by atoms with Crippen molar-refractivity contribution in [2.45, 2.75) is 52.2 Å². The molecule has 33 heavy (non-hydrogen) atoms. The van der Waals surface area contributed by atoms with Gasteiger partial charge in [-0.15, -0.1) is 21.5 Å². The summed E-state index contributed by atoms with van der Waals surface area (Å²) < 4.78 is 11.0. The van der Waals surface area contributed by atoms with Crippen molar-refractivity contribution < 1.29 is 18.7 Å². The molecule has 0 saturated heterocycles. The van der Waals surface area contributed by atoms with Crippen LogP contribution in [0.1, 0.15) is 52.2 Å². The molecule has 0 radical (unpaired) electrons. The number of rotatable bonds is 7. The lowest BCUT2D eigenvalue weighted by molar-refractivity contribution is -0.113. The van der Waals surface area contributed by atoms with Gasteiger partial charge in [-0.05, 0) is 74.8 Å². The molecule has 1 aliphatic rings. The predicted octanol–water partition coefficient (Wildman–Crippen LogP) is 5.45. The molecule has 1 unspecified atom stereocenters. The lowest BCUT2D eigenvalue weighted by Gasteiger charge is -2.18. The van der Waals surface area contributed by atoms with Crippen molar-refractivity contribution in [3.63, 3.8) is 0 Å². The Morgan fingerprint density at radius 3 is 2.85 bits per heavy atom. The van der Waals surface area contributed by atoms with Gasteiger partial charge < -0.3 is 14.5 Å². The highest BCUT2D eigenvalue weighted by atomic mass is 32.2. The number of nitrogens with zero attached hydrogens (tertiary/aromatic N) is 2. The average Bonchev–Trinajstić information content (AvgIpc) is 3.38. The summed E-state index contributed by atoms with van der Waals surface area (Å²) in [7, 11) is 0. The van der Waals surface area contributed by atoms with E-state index in [2.05, 4.69) is 22.4 Å². The summed E-state index contributed by atoms with van der Waals surface area (Å²) in [5.74, 6) is 0.473. The molecule has 3 aromatic rings. The van der Waals surface area contributed by atoms with Gasteiger partial charge >= 0.3 is 5.97 Å². The van der Waals surface area contributed by atoms with Crippen LogP contribution in [-0.2, 0) is 22.4 Å². The molecular formula is C24H27N3O4S2. The Kier molecular flexibility index (Phi) is 7.19. The summed E-state index contributed by atoms with van der Waals surface area (Å²) in [6.07, 6.45) is 2.77. The molecule has 1 atom stereocenters. The minimum absolute atomic E-state index is 0.0930. The molecule has 1 aliphatic carbocycles. The smallest absolute Gasteiger partial charge is 0.341 e. The minimum atomic E-state index is -0.373. The van der Waals surface area contributed by atoms with Crippen LogP contribution in [0.2, 0.25) is 0 Å². The Hall–Kier alpha value is -2.65. The third kappa shape index (κ3) is 5.30. The zero-order valence-corrected chi connectivity index (χ0v) is 20.8. The van der Waals surface area contributed by atoms with E-state index >= 15 is 0 Å². The maximum absolute atomic E-state index is 12.7. The van der Waals surface area contributed by atoms with Gasteiger partial charge in [0.1, 0.15) is 5.00 Å². The summed E-state index contributed by atoms with van der Waals surface area (Å²) in [5.41, 5.74) is 4.71. The fraction of sp³-hybridized carbons (Fsp3) is 0.417. The van der Waals surface area contributed by atoms with Gasteiger partial charge in [0.05, 0.1) is 17.9 Å². The molecule has 4 rings (SSSR count). The van der Waals surface area contributed by atoms with E-state index in [1.807, 2.05) is 32.0 Å². The number of hydrogen-bond acceptors (Lipinski definition) is 8. The molecule has 0 aliphatic heterocycles. The summed E-state index contributed by atoms with van der Waals surface area (Å²) in [6, 6.07) is 5.95. The van der Waals surface area contributed by atoms with Gasteiger partial charge in [-0.1, -0.05) is 24.8 Å². The average molecular weight is 486 g/mol. The maximum Gasteiger partial charge on any atom is 0.341 e. The van der Waals surface area contributed by atoms with Crippen LogP contribution in [0.5, 0.6) is 0 Å². The first-order chi connectivity index (χ1) is 15.9. The van der Waals surface area contributed by atoms with Gasteiger partial charge in [0.15, 0.2) is 0 Å². The molecule has 0 fully saturated rings. The van der Waals surface area contributed by atoms with Crippen LogP contribution in [0.25, 0.3) is 11.5 Å². The predicted molar refractivity (Wildman–Crippen MR) is 130 cm³/mol. The van der Waals surface area contributed by atoms with Crippen LogP contribution < -0.4 is 5.32 Å². The van der Waals surface area contributed by atoms with Gasteiger partial charge in [-0.2, -0.15) is 0 Å². The molecule has 174 valence electrons. The zero-order valence-electron chi connectivity index (χ0n) is 19.2. The molecule has 2 aromatic heterocycles. The number of anilines is 1. The monoisotopic (exact) mass is 485 g/mol. The number of esters is 1. The van der Waals surface area contributed by atoms with Gasteiger partial charge in [0, 0.05) is 10.4 Å². The van der Waals surface area contributed by atoms with Gasteiger partial charge in [0.2, 0.25) is 11.8 Å². The molecule has 1 N–H and O–H groups in total. The van der Waals surface area contributed by atoms with Crippen LogP contribution in [-0.4, -0.2) is 34.4 Å². The van der Waals surface area contributed by atoms with E-state index in [0.717, 1.165) is 40.8 Å². The molecule has 0 saturated carbocycles. The first kappa shape index (κ1) is 23.5.